The van der Waals surface area contributed by atoms with Crippen LogP contribution in [-0.2, 0) is 16.0 Å². The summed E-state index contributed by atoms with van der Waals surface area (Å²) in [5, 5.41) is 2.44. The number of aromatic nitrogens is 2. The number of amides is 4. The number of hydrogen-bond donors (Lipinski definition) is 1. The fourth-order valence-electron chi connectivity index (χ4n) is 5.45. The number of barbiturate groups is 1. The Kier molecular flexibility index (Phi) is 4.98. The van der Waals surface area contributed by atoms with Gasteiger partial charge in [-0.25, -0.2) is 9.78 Å². The van der Waals surface area contributed by atoms with Crippen molar-refractivity contribution < 1.29 is 14.4 Å². The number of fused-ring (bicyclic) bond motifs is 5. The summed E-state index contributed by atoms with van der Waals surface area (Å²) in [5.41, 5.74) is -0.886. The third kappa shape index (κ3) is 2.87. The minimum absolute atomic E-state index is 0.0479. The zero-order valence-corrected chi connectivity index (χ0v) is 18.2. The quantitative estimate of drug-likeness (QED) is 0.735. The van der Waals surface area contributed by atoms with E-state index < -0.39 is 29.3 Å². The molecule has 9 heteroatoms. The van der Waals surface area contributed by atoms with Crippen LogP contribution in [0.2, 0.25) is 0 Å². The molecule has 3 aliphatic rings. The van der Waals surface area contributed by atoms with Crippen LogP contribution in [0.25, 0.3) is 5.65 Å². The molecule has 1 N–H and O–H groups in total. The highest BCUT2D eigenvalue weighted by Crippen LogP contribution is 2.45. The number of carbonyl (C=O) groups is 3. The van der Waals surface area contributed by atoms with Crippen LogP contribution in [-0.4, -0.2) is 51.3 Å². The Balaban J connectivity index is 1.72. The fraction of sp³-hybridized carbons (Fsp3) is 0.522. The summed E-state index contributed by atoms with van der Waals surface area (Å²) in [6.07, 6.45) is 6.42. The van der Waals surface area contributed by atoms with Gasteiger partial charge in [-0.15, -0.1) is 0 Å². The van der Waals surface area contributed by atoms with Gasteiger partial charge in [-0.05, 0) is 31.4 Å². The molecule has 9 nitrogen and oxygen atoms in total. The smallest absolute Gasteiger partial charge is 0.330 e. The fourth-order valence-corrected chi connectivity index (χ4v) is 5.45. The van der Waals surface area contributed by atoms with Gasteiger partial charge in [0, 0.05) is 25.7 Å². The van der Waals surface area contributed by atoms with Crippen LogP contribution < -0.4 is 15.8 Å². The van der Waals surface area contributed by atoms with Gasteiger partial charge in [-0.2, -0.15) is 0 Å². The van der Waals surface area contributed by atoms with E-state index in [1.54, 1.807) is 18.3 Å². The Hall–Kier alpha value is -3.23. The highest BCUT2D eigenvalue weighted by atomic mass is 16.2. The molecule has 2 atom stereocenters. The van der Waals surface area contributed by atoms with Crippen molar-refractivity contribution in [3.8, 4) is 0 Å². The molecule has 0 saturated carbocycles. The number of unbranched alkanes of at least 4 members (excludes halogenated alkanes) is 1. The summed E-state index contributed by atoms with van der Waals surface area (Å²) in [6, 6.07) is 4.24. The number of anilines is 1. The van der Waals surface area contributed by atoms with E-state index in [-0.39, 0.29) is 18.5 Å². The van der Waals surface area contributed by atoms with Crippen molar-refractivity contribution >= 4 is 29.3 Å². The number of nitrogens with zero attached hydrogens (tertiary/aromatic N) is 4. The molecule has 2 unspecified atom stereocenters. The van der Waals surface area contributed by atoms with E-state index in [9.17, 15) is 19.2 Å². The van der Waals surface area contributed by atoms with Gasteiger partial charge in [0.1, 0.15) is 11.5 Å². The van der Waals surface area contributed by atoms with Crippen molar-refractivity contribution in [2.75, 3.05) is 18.0 Å². The molecule has 3 aliphatic heterocycles. The third-order valence-corrected chi connectivity index (χ3v) is 7.09. The lowest BCUT2D eigenvalue weighted by Crippen LogP contribution is -2.72. The SMILES string of the molecule is CCCCN1C(=O)NC(=O)C2(Cc3c(nc4ccccn4c3=O)N3CCCCCC32)C1=O. The van der Waals surface area contributed by atoms with Gasteiger partial charge in [0.15, 0.2) is 5.41 Å². The second-order valence-corrected chi connectivity index (χ2v) is 8.92. The van der Waals surface area contributed by atoms with E-state index in [0.717, 1.165) is 25.7 Å². The van der Waals surface area contributed by atoms with Crippen LogP contribution >= 0.6 is 0 Å². The number of hydrogen-bond acceptors (Lipinski definition) is 6. The zero-order chi connectivity index (χ0) is 22.5. The summed E-state index contributed by atoms with van der Waals surface area (Å²) in [7, 11) is 0. The molecule has 0 aliphatic carbocycles. The van der Waals surface area contributed by atoms with Crippen LogP contribution in [0.15, 0.2) is 29.2 Å². The Labute approximate surface area is 185 Å². The highest BCUT2D eigenvalue weighted by Gasteiger charge is 2.62. The van der Waals surface area contributed by atoms with E-state index >= 15 is 0 Å². The van der Waals surface area contributed by atoms with Gasteiger partial charge in [-0.1, -0.05) is 32.3 Å². The molecular formula is C23H27N5O4. The average molecular weight is 438 g/mol. The van der Waals surface area contributed by atoms with Gasteiger partial charge < -0.3 is 4.90 Å². The first-order valence-electron chi connectivity index (χ1n) is 11.4. The van der Waals surface area contributed by atoms with Crippen LogP contribution in [0.1, 0.15) is 51.0 Å². The monoisotopic (exact) mass is 437 g/mol. The van der Waals surface area contributed by atoms with Crippen molar-refractivity contribution in [3.63, 3.8) is 0 Å². The predicted octanol–water partition coefficient (Wildman–Crippen LogP) is 1.86. The standard InChI is InChI=1S/C23H27N5O4/c1-2-3-11-28-21(31)23(20(30)25-22(28)32)14-15-18(26-12-7-4-5-9-16(23)26)24-17-10-6-8-13-27(17)19(15)29/h6,8,10,13,16H,2-5,7,9,11-12,14H2,1H3,(H,25,30,32). The van der Waals surface area contributed by atoms with E-state index in [4.69, 9.17) is 4.98 Å². The molecule has 2 aromatic rings. The van der Waals surface area contributed by atoms with Gasteiger partial charge >= 0.3 is 6.03 Å². The van der Waals surface area contributed by atoms with E-state index in [1.807, 2.05) is 17.9 Å². The van der Waals surface area contributed by atoms with Crippen LogP contribution in [0.4, 0.5) is 10.6 Å². The van der Waals surface area contributed by atoms with Gasteiger partial charge in [-0.3, -0.25) is 29.0 Å². The maximum Gasteiger partial charge on any atom is 0.330 e. The minimum Gasteiger partial charge on any atom is -0.352 e. The number of imide groups is 2. The lowest BCUT2D eigenvalue weighted by molar-refractivity contribution is -0.153. The molecule has 0 bridgehead atoms. The van der Waals surface area contributed by atoms with E-state index in [1.165, 1.54) is 9.30 Å². The molecule has 32 heavy (non-hydrogen) atoms. The summed E-state index contributed by atoms with van der Waals surface area (Å²) in [4.78, 5) is 61.2. The maximum absolute atomic E-state index is 13.9. The van der Waals surface area contributed by atoms with Crippen LogP contribution in [0.5, 0.6) is 0 Å². The number of urea groups is 1. The summed E-state index contributed by atoms with van der Waals surface area (Å²) >= 11 is 0. The molecule has 2 fully saturated rings. The summed E-state index contributed by atoms with van der Waals surface area (Å²) in [5.74, 6) is -0.517. The Bertz CT molecular complexity index is 1170. The highest BCUT2D eigenvalue weighted by molar-refractivity contribution is 6.20. The molecule has 1 spiro atoms. The number of pyridine rings is 1. The van der Waals surface area contributed by atoms with Crippen molar-refractivity contribution in [1.29, 1.82) is 0 Å². The van der Waals surface area contributed by atoms with Crippen LogP contribution in [0.3, 0.4) is 0 Å². The Morgan fingerprint density at radius 1 is 1.16 bits per heavy atom. The minimum atomic E-state index is -1.51. The number of rotatable bonds is 3. The average Bonchev–Trinajstić information content (AvgIpc) is 3.05. The molecule has 168 valence electrons. The number of carbonyl (C=O) groups excluding carboxylic acids is 3. The second-order valence-electron chi connectivity index (χ2n) is 8.92. The first kappa shape index (κ1) is 20.7. The molecule has 0 radical (unpaired) electrons. The lowest BCUT2D eigenvalue weighted by Gasteiger charge is -2.50. The third-order valence-electron chi connectivity index (χ3n) is 7.09. The zero-order valence-electron chi connectivity index (χ0n) is 18.2. The van der Waals surface area contributed by atoms with Crippen molar-refractivity contribution in [1.82, 2.24) is 19.6 Å². The van der Waals surface area contributed by atoms with Crippen molar-refractivity contribution in [2.45, 2.75) is 57.9 Å². The predicted molar refractivity (Wildman–Crippen MR) is 117 cm³/mol. The molecule has 2 saturated heterocycles. The molecule has 5 rings (SSSR count). The number of nitrogens with one attached hydrogen (secondary N) is 1. The van der Waals surface area contributed by atoms with Gasteiger partial charge in [0.05, 0.1) is 11.6 Å². The molecule has 0 aromatic carbocycles. The molecule has 4 amide bonds. The Morgan fingerprint density at radius 3 is 2.81 bits per heavy atom. The second kappa shape index (κ2) is 7.72. The largest absolute Gasteiger partial charge is 0.352 e. The summed E-state index contributed by atoms with van der Waals surface area (Å²) < 4.78 is 1.45. The van der Waals surface area contributed by atoms with Crippen LogP contribution in [0, 0.1) is 5.41 Å². The normalized spacial score (nSPS) is 25.5. The summed E-state index contributed by atoms with van der Waals surface area (Å²) in [6.45, 7) is 2.85. The van der Waals surface area contributed by atoms with Gasteiger partial charge in [0.25, 0.3) is 5.56 Å². The lowest BCUT2D eigenvalue weighted by atomic mass is 9.68. The Morgan fingerprint density at radius 2 is 2.00 bits per heavy atom. The van der Waals surface area contributed by atoms with Crippen molar-refractivity contribution in [3.05, 3.63) is 40.3 Å². The maximum atomic E-state index is 13.9. The van der Waals surface area contributed by atoms with E-state index in [2.05, 4.69) is 5.32 Å². The van der Waals surface area contributed by atoms with E-state index in [0.29, 0.717) is 36.4 Å². The first-order chi connectivity index (χ1) is 15.5. The van der Waals surface area contributed by atoms with Crippen molar-refractivity contribution in [2.24, 2.45) is 5.41 Å². The van der Waals surface area contributed by atoms with Gasteiger partial charge in [0.2, 0.25) is 11.8 Å². The molecule has 5 heterocycles. The topological polar surface area (TPSA) is 104 Å². The molecular weight excluding hydrogens is 410 g/mol. The first-order valence-corrected chi connectivity index (χ1v) is 11.4. The molecule has 2 aromatic heterocycles.